The summed E-state index contributed by atoms with van der Waals surface area (Å²) in [5, 5.41) is 37.0. The average molecular weight is 604 g/mol. The standard InChI is InChI=1S/C19H21N7O12S2/c20-18-23-10(7-39-18)16(24-38-6-15(30)31)13(28)2-9-11(26(17(9)32)40(35,36)37)4-22-19(33)21-3-8-1-12(27)14(29)5-25(8)34/h1,5,7,9,11,29,34H,2-4,6H2,(H2,20,23)(H,30,31)(H2,21,22,33)(H,35,36,37)/b24-16-/t9-,11+/m0/s1. The van der Waals surface area contributed by atoms with Gasteiger partial charge in [0.1, 0.15) is 5.69 Å². The summed E-state index contributed by atoms with van der Waals surface area (Å²) in [6.07, 6.45) is 0.00284. The molecule has 216 valence electrons. The number of aromatic nitrogens is 2. The number of Topliss-reactive ketones (excluding diaryl/α,β-unsaturated/α-hetero) is 1. The zero-order chi connectivity index (χ0) is 29.8. The molecule has 0 radical (unpaired) electrons. The molecule has 1 fully saturated rings. The first kappa shape index (κ1) is 29.8. The third-order valence-corrected chi connectivity index (χ3v) is 6.94. The number of carbonyl (C=O) groups excluding carboxylic acids is 3. The van der Waals surface area contributed by atoms with Crippen molar-refractivity contribution in [3.05, 3.63) is 39.3 Å². The molecule has 3 rings (SSSR count). The number of nitrogens with zero attached hydrogens (tertiary/aromatic N) is 4. The van der Waals surface area contributed by atoms with Crippen LogP contribution in [0.5, 0.6) is 5.75 Å². The van der Waals surface area contributed by atoms with Gasteiger partial charge in [0.05, 0.1) is 30.4 Å². The van der Waals surface area contributed by atoms with E-state index in [9.17, 15) is 47.3 Å². The summed E-state index contributed by atoms with van der Waals surface area (Å²) < 4.78 is 33.4. The molecule has 3 heterocycles. The Balaban J connectivity index is 1.71. The fourth-order valence-electron chi connectivity index (χ4n) is 3.51. The fraction of sp³-hybridized carbons (Fsp3) is 0.316. The summed E-state index contributed by atoms with van der Waals surface area (Å²) in [6, 6.07) is -1.54. The third kappa shape index (κ3) is 7.00. The second-order valence-electron chi connectivity index (χ2n) is 8.01. The number of carbonyl (C=O) groups is 4. The van der Waals surface area contributed by atoms with Gasteiger partial charge in [-0.3, -0.25) is 18.9 Å². The van der Waals surface area contributed by atoms with Gasteiger partial charge >= 0.3 is 22.3 Å². The number of pyridine rings is 1. The number of hydrogen-bond acceptors (Lipinski definition) is 14. The maximum absolute atomic E-state index is 13.0. The van der Waals surface area contributed by atoms with Crippen LogP contribution in [-0.4, -0.2) is 91.0 Å². The Bertz CT molecular complexity index is 1530. The van der Waals surface area contributed by atoms with E-state index in [1.807, 2.05) is 0 Å². The van der Waals surface area contributed by atoms with Gasteiger partial charge in [-0.15, -0.1) is 11.3 Å². The number of aliphatic carboxylic acids is 1. The summed E-state index contributed by atoms with van der Waals surface area (Å²) in [5.41, 5.74) is 4.01. The molecule has 21 heteroatoms. The normalized spacial score (nSPS) is 17.2. The topological polar surface area (TPSA) is 293 Å². The van der Waals surface area contributed by atoms with E-state index in [4.69, 9.17) is 10.8 Å². The van der Waals surface area contributed by atoms with E-state index in [0.29, 0.717) is 10.9 Å². The molecular formula is C19H21N7O12S2. The molecule has 1 aliphatic heterocycles. The van der Waals surface area contributed by atoms with Gasteiger partial charge in [0.2, 0.25) is 17.9 Å². The molecule has 1 saturated heterocycles. The molecule has 0 spiro atoms. The predicted molar refractivity (Wildman–Crippen MR) is 132 cm³/mol. The predicted octanol–water partition coefficient (Wildman–Crippen LogP) is -2.28. The summed E-state index contributed by atoms with van der Waals surface area (Å²) in [4.78, 5) is 68.4. The van der Waals surface area contributed by atoms with E-state index >= 15 is 0 Å². The largest absolute Gasteiger partial charge is 0.503 e. The van der Waals surface area contributed by atoms with Crippen LogP contribution in [0.1, 0.15) is 17.8 Å². The van der Waals surface area contributed by atoms with Crippen molar-refractivity contribution in [3.8, 4) is 5.75 Å². The molecule has 2 aromatic heterocycles. The number of carboxylic acids is 1. The summed E-state index contributed by atoms with van der Waals surface area (Å²) in [7, 11) is -5.08. The van der Waals surface area contributed by atoms with E-state index in [2.05, 4.69) is 25.6 Å². The van der Waals surface area contributed by atoms with E-state index in [0.717, 1.165) is 17.4 Å². The highest BCUT2D eigenvalue weighted by molar-refractivity contribution is 7.84. The summed E-state index contributed by atoms with van der Waals surface area (Å²) in [5.74, 6) is -5.60. The number of ketones is 1. The van der Waals surface area contributed by atoms with Gasteiger partial charge in [-0.05, 0) is 0 Å². The van der Waals surface area contributed by atoms with E-state index in [1.165, 1.54) is 5.38 Å². The first-order chi connectivity index (χ1) is 18.7. The molecule has 3 amide bonds. The number of urea groups is 1. The molecule has 40 heavy (non-hydrogen) atoms. The second-order valence-corrected chi connectivity index (χ2v) is 10.2. The smallest absolute Gasteiger partial charge is 0.362 e. The molecule has 0 aromatic carbocycles. The third-order valence-electron chi connectivity index (χ3n) is 5.32. The Kier molecular flexibility index (Phi) is 8.91. The maximum atomic E-state index is 13.0. The van der Waals surface area contributed by atoms with Gasteiger partial charge < -0.3 is 36.6 Å². The number of nitrogens with two attached hydrogens (primary N) is 1. The van der Waals surface area contributed by atoms with Gasteiger partial charge in [0.25, 0.3) is 0 Å². The molecular weight excluding hydrogens is 582 g/mol. The van der Waals surface area contributed by atoms with Crippen LogP contribution < -0.4 is 21.8 Å². The van der Waals surface area contributed by atoms with Gasteiger partial charge in [-0.25, -0.2) is 18.9 Å². The number of anilines is 1. The highest BCUT2D eigenvalue weighted by Gasteiger charge is 2.53. The SMILES string of the molecule is Nc1nc(/C(=N/OCC(=O)O)C(=O)C[C@@H]2C(=O)N(S(=O)(=O)O)[C@@H]2CNC(=O)NCc2cc(=O)c(O)cn2O)cs1. The van der Waals surface area contributed by atoms with Gasteiger partial charge in [-0.1, -0.05) is 5.16 Å². The van der Waals surface area contributed by atoms with Gasteiger partial charge in [0, 0.05) is 24.4 Å². The highest BCUT2D eigenvalue weighted by atomic mass is 32.2. The second kappa shape index (κ2) is 12.0. The Labute approximate surface area is 227 Å². The lowest BCUT2D eigenvalue weighted by atomic mass is 9.84. The van der Waals surface area contributed by atoms with Crippen LogP contribution in [0.4, 0.5) is 9.93 Å². The molecule has 2 aromatic rings. The quantitative estimate of drug-likeness (QED) is 0.0442. The van der Waals surface area contributed by atoms with Crippen LogP contribution in [0.15, 0.2) is 27.6 Å². The number of β-lactam (4-membered cyclic amide) rings is 1. The minimum atomic E-state index is -5.08. The monoisotopic (exact) mass is 603 g/mol. The number of nitrogen functional groups attached to an aromatic ring is 1. The Hall–Kier alpha value is -4.76. The van der Waals surface area contributed by atoms with Crippen molar-refractivity contribution < 1.29 is 52.4 Å². The van der Waals surface area contributed by atoms with Crippen molar-refractivity contribution in [3.63, 3.8) is 0 Å². The molecule has 0 aliphatic carbocycles. The maximum Gasteiger partial charge on any atom is 0.362 e. The van der Waals surface area contributed by atoms with E-state index in [1.54, 1.807) is 0 Å². The molecule has 8 N–H and O–H groups in total. The van der Waals surface area contributed by atoms with Crippen molar-refractivity contribution >= 4 is 56.2 Å². The lowest BCUT2D eigenvalue weighted by molar-refractivity contribution is -0.148. The number of oxime groups is 1. The average Bonchev–Trinajstić information content (AvgIpc) is 3.28. The number of amides is 3. The van der Waals surface area contributed by atoms with Crippen LogP contribution in [0.25, 0.3) is 0 Å². The zero-order valence-electron chi connectivity index (χ0n) is 20.0. The molecule has 0 unspecified atom stereocenters. The number of nitrogens with one attached hydrogen (secondary N) is 2. The summed E-state index contributed by atoms with van der Waals surface area (Å²) in [6.45, 7) is -1.91. The number of thiazole rings is 1. The number of hydrogen-bond donors (Lipinski definition) is 7. The Morgan fingerprint density at radius 1 is 1.25 bits per heavy atom. The van der Waals surface area contributed by atoms with Crippen molar-refractivity contribution in [2.24, 2.45) is 11.1 Å². The Morgan fingerprint density at radius 3 is 2.55 bits per heavy atom. The molecule has 19 nitrogen and oxygen atoms in total. The van der Waals surface area contributed by atoms with Crippen LogP contribution in [-0.2, 0) is 36.1 Å². The number of rotatable bonds is 12. The van der Waals surface area contributed by atoms with Crippen molar-refractivity contribution in [1.29, 1.82) is 0 Å². The molecule has 2 atom stereocenters. The minimum absolute atomic E-state index is 0.0320. The fourth-order valence-corrected chi connectivity index (χ4v) is 4.98. The van der Waals surface area contributed by atoms with Crippen LogP contribution in [0.3, 0.4) is 0 Å². The van der Waals surface area contributed by atoms with Gasteiger partial charge in [-0.2, -0.15) is 13.1 Å². The number of aromatic hydroxyl groups is 1. The van der Waals surface area contributed by atoms with Crippen molar-refractivity contribution in [1.82, 2.24) is 24.7 Å². The number of carboxylic acid groups (broad SMARTS) is 1. The van der Waals surface area contributed by atoms with Crippen molar-refractivity contribution in [2.75, 3.05) is 18.9 Å². The lowest BCUT2D eigenvalue weighted by Gasteiger charge is -2.43. The van der Waals surface area contributed by atoms with Crippen molar-refractivity contribution in [2.45, 2.75) is 19.0 Å². The Morgan fingerprint density at radius 2 is 1.95 bits per heavy atom. The molecule has 1 aliphatic rings. The summed E-state index contributed by atoms with van der Waals surface area (Å²) >= 11 is 0.923. The highest BCUT2D eigenvalue weighted by Crippen LogP contribution is 2.32. The lowest BCUT2D eigenvalue weighted by Crippen LogP contribution is -2.66. The zero-order valence-corrected chi connectivity index (χ0v) is 21.6. The first-order valence-corrected chi connectivity index (χ1v) is 13.1. The van der Waals surface area contributed by atoms with E-state index in [-0.39, 0.29) is 20.8 Å². The van der Waals surface area contributed by atoms with Crippen LogP contribution in [0.2, 0.25) is 0 Å². The van der Waals surface area contributed by atoms with Crippen LogP contribution in [0, 0.1) is 5.92 Å². The van der Waals surface area contributed by atoms with Crippen LogP contribution >= 0.6 is 11.3 Å². The molecule has 0 bridgehead atoms. The minimum Gasteiger partial charge on any atom is -0.503 e. The van der Waals surface area contributed by atoms with Gasteiger partial charge in [0.15, 0.2) is 22.4 Å². The first-order valence-electron chi connectivity index (χ1n) is 10.8. The van der Waals surface area contributed by atoms with E-state index < -0.39 is 89.0 Å². The molecule has 0 saturated carbocycles.